The standard InChI is InChI=1S/C89H72N4/c1-66-19-18-30-86(61-66)93(84-55-42-70(43-56-84)34-32-68-38-51-82(52-39-68)91(79-26-12-6-13-27-79)80-28-14-7-15-29-80)88-58-46-74-62-71(35-44-75(74)64-88)65-89(2,3)76-47-59-85(60-48-76)92(87-57-45-72-20-16-17-21-73(72)63-87)83-53-40-69(41-54-83)33-31-67-36-49-81(50-37-67)90(77-22-8-4-9-23-77)78-24-10-5-11-25-78/h4-64H,65H2,1-3H3. The first kappa shape index (κ1) is 58.9. The average molecular weight is 1200 g/mol. The van der Waals surface area contributed by atoms with Crippen LogP contribution in [-0.2, 0) is 11.8 Å². The second kappa shape index (κ2) is 26.8. The van der Waals surface area contributed by atoms with Gasteiger partial charge in [0.15, 0.2) is 0 Å². The van der Waals surface area contributed by atoms with Crippen LogP contribution in [0.5, 0.6) is 0 Å². The monoisotopic (exact) mass is 1200 g/mol. The molecule has 0 N–H and O–H groups in total. The minimum absolute atomic E-state index is 0.141. The Morgan fingerprint density at radius 3 is 0.925 bits per heavy atom. The largest absolute Gasteiger partial charge is 0.311 e. The maximum absolute atomic E-state index is 2.38. The van der Waals surface area contributed by atoms with E-state index in [-0.39, 0.29) is 5.41 Å². The van der Waals surface area contributed by atoms with Crippen molar-refractivity contribution < 1.29 is 0 Å². The maximum atomic E-state index is 2.38. The Bertz CT molecular complexity index is 4790. The number of anilines is 12. The molecule has 0 amide bonds. The fraction of sp³-hybridized carbons (Fsp3) is 0.0562. The Balaban J connectivity index is 0.673. The van der Waals surface area contributed by atoms with Gasteiger partial charge in [0.05, 0.1) is 0 Å². The Labute approximate surface area is 547 Å². The number of fused-ring (bicyclic) bond motifs is 2. The van der Waals surface area contributed by atoms with Gasteiger partial charge in [-0.25, -0.2) is 0 Å². The van der Waals surface area contributed by atoms with Gasteiger partial charge in [-0.1, -0.05) is 238 Å². The van der Waals surface area contributed by atoms with Gasteiger partial charge in [-0.05, 0) is 225 Å². The molecule has 0 aliphatic heterocycles. The number of nitrogens with zero attached hydrogens (tertiary/aromatic N) is 4. The highest BCUT2D eigenvalue weighted by Crippen LogP contribution is 2.42. The minimum atomic E-state index is -0.141. The van der Waals surface area contributed by atoms with E-state index in [1.165, 1.54) is 38.2 Å². The van der Waals surface area contributed by atoms with Gasteiger partial charge in [0, 0.05) is 68.2 Å². The first-order valence-electron chi connectivity index (χ1n) is 32.1. The summed E-state index contributed by atoms with van der Waals surface area (Å²) >= 11 is 0. The summed E-state index contributed by atoms with van der Waals surface area (Å²) in [5.74, 6) is 0. The van der Waals surface area contributed by atoms with Crippen LogP contribution in [0, 0.1) is 6.92 Å². The molecule has 14 rings (SSSR count). The predicted molar refractivity (Wildman–Crippen MR) is 399 cm³/mol. The summed E-state index contributed by atoms with van der Waals surface area (Å²) in [4.78, 5) is 9.32. The molecule has 0 radical (unpaired) electrons. The molecule has 0 aliphatic rings. The van der Waals surface area contributed by atoms with Crippen LogP contribution in [-0.4, -0.2) is 0 Å². The Morgan fingerprint density at radius 2 is 0.516 bits per heavy atom. The summed E-state index contributed by atoms with van der Waals surface area (Å²) in [5, 5.41) is 4.86. The molecule has 0 saturated heterocycles. The lowest BCUT2D eigenvalue weighted by atomic mass is 9.79. The third-order valence-electron chi connectivity index (χ3n) is 17.5. The highest BCUT2D eigenvalue weighted by molar-refractivity contribution is 5.92. The third-order valence-corrected chi connectivity index (χ3v) is 17.5. The summed E-state index contributed by atoms with van der Waals surface area (Å²) in [5.41, 5.74) is 21.6. The molecule has 0 spiro atoms. The average Bonchev–Trinajstić information content (AvgIpc) is 0.906. The van der Waals surface area contributed by atoms with Crippen molar-refractivity contribution in [3.63, 3.8) is 0 Å². The van der Waals surface area contributed by atoms with Crippen molar-refractivity contribution in [2.45, 2.75) is 32.6 Å². The molecular weight excluding hydrogens is 1130 g/mol. The van der Waals surface area contributed by atoms with Crippen LogP contribution in [0.2, 0.25) is 0 Å². The van der Waals surface area contributed by atoms with Crippen molar-refractivity contribution in [3.05, 3.63) is 385 Å². The van der Waals surface area contributed by atoms with Crippen molar-refractivity contribution >= 4 is 114 Å². The van der Waals surface area contributed by atoms with Crippen molar-refractivity contribution in [1.29, 1.82) is 0 Å². The molecule has 0 heterocycles. The van der Waals surface area contributed by atoms with Gasteiger partial charge in [-0.3, -0.25) is 0 Å². The van der Waals surface area contributed by atoms with Gasteiger partial charge < -0.3 is 19.6 Å². The third kappa shape index (κ3) is 13.4. The minimum Gasteiger partial charge on any atom is -0.311 e. The lowest BCUT2D eigenvalue weighted by Crippen LogP contribution is -2.20. The van der Waals surface area contributed by atoms with E-state index in [0.29, 0.717) is 0 Å². The van der Waals surface area contributed by atoms with E-state index >= 15 is 0 Å². The van der Waals surface area contributed by atoms with Gasteiger partial charge in [-0.2, -0.15) is 0 Å². The molecule has 93 heavy (non-hydrogen) atoms. The van der Waals surface area contributed by atoms with Crippen LogP contribution in [0.3, 0.4) is 0 Å². The topological polar surface area (TPSA) is 13.0 Å². The van der Waals surface area contributed by atoms with Crippen molar-refractivity contribution in [2.75, 3.05) is 19.6 Å². The number of aryl methyl sites for hydroxylation is 1. The van der Waals surface area contributed by atoms with Crippen molar-refractivity contribution in [2.24, 2.45) is 0 Å². The molecule has 0 aromatic heterocycles. The van der Waals surface area contributed by atoms with E-state index in [9.17, 15) is 0 Å². The molecule has 0 unspecified atom stereocenters. The summed E-state index contributed by atoms with van der Waals surface area (Å²) in [6.07, 6.45) is 9.67. The number of benzene rings is 14. The van der Waals surface area contributed by atoms with Gasteiger partial charge in [0.1, 0.15) is 0 Å². The van der Waals surface area contributed by atoms with Crippen LogP contribution in [0.15, 0.2) is 346 Å². The second-order valence-electron chi connectivity index (χ2n) is 24.6. The van der Waals surface area contributed by atoms with E-state index < -0.39 is 0 Å². The zero-order valence-electron chi connectivity index (χ0n) is 52.7. The smallest absolute Gasteiger partial charge is 0.0468 e. The quantitative estimate of drug-likeness (QED) is 0.0748. The van der Waals surface area contributed by atoms with Crippen LogP contribution in [0.1, 0.15) is 52.8 Å². The van der Waals surface area contributed by atoms with Gasteiger partial charge in [0.2, 0.25) is 0 Å². The number of hydrogen-bond acceptors (Lipinski definition) is 4. The van der Waals surface area contributed by atoms with Crippen molar-refractivity contribution in [1.82, 2.24) is 0 Å². The lowest BCUT2D eigenvalue weighted by molar-refractivity contribution is 0.523. The first-order chi connectivity index (χ1) is 45.7. The molecule has 14 aromatic carbocycles. The maximum Gasteiger partial charge on any atom is 0.0468 e. The Morgan fingerprint density at radius 1 is 0.237 bits per heavy atom. The number of hydrogen-bond donors (Lipinski definition) is 0. The van der Waals surface area contributed by atoms with E-state index in [1.807, 2.05) is 0 Å². The van der Waals surface area contributed by atoms with Gasteiger partial charge in [0.25, 0.3) is 0 Å². The highest BCUT2D eigenvalue weighted by Gasteiger charge is 2.24. The Kier molecular flexibility index (Phi) is 17.0. The van der Waals surface area contributed by atoms with Gasteiger partial charge >= 0.3 is 0 Å². The molecule has 4 nitrogen and oxygen atoms in total. The molecule has 0 fully saturated rings. The molecule has 4 heteroatoms. The highest BCUT2D eigenvalue weighted by atomic mass is 15.2. The van der Waals surface area contributed by atoms with E-state index in [1.54, 1.807) is 0 Å². The fourth-order valence-electron chi connectivity index (χ4n) is 12.7. The van der Waals surface area contributed by atoms with E-state index in [2.05, 4.69) is 410 Å². The molecule has 0 bridgehead atoms. The fourth-order valence-corrected chi connectivity index (χ4v) is 12.7. The first-order valence-corrected chi connectivity index (χ1v) is 32.1. The lowest BCUT2D eigenvalue weighted by Gasteiger charge is -2.29. The molecule has 0 atom stereocenters. The van der Waals surface area contributed by atoms with E-state index in [4.69, 9.17) is 0 Å². The van der Waals surface area contributed by atoms with Crippen LogP contribution >= 0.6 is 0 Å². The molecule has 0 aliphatic carbocycles. The zero-order valence-corrected chi connectivity index (χ0v) is 52.7. The summed E-state index contributed by atoms with van der Waals surface area (Å²) in [7, 11) is 0. The summed E-state index contributed by atoms with van der Waals surface area (Å²) in [6, 6.07) is 125. The zero-order chi connectivity index (χ0) is 62.9. The molecule has 14 aromatic rings. The molecule has 0 saturated carbocycles. The van der Waals surface area contributed by atoms with E-state index in [0.717, 1.165) is 96.9 Å². The Hall–Kier alpha value is -11.7. The normalized spacial score (nSPS) is 11.6. The van der Waals surface area contributed by atoms with Crippen LogP contribution in [0.25, 0.3) is 45.8 Å². The van der Waals surface area contributed by atoms with Crippen LogP contribution in [0.4, 0.5) is 68.2 Å². The van der Waals surface area contributed by atoms with Crippen LogP contribution < -0.4 is 19.6 Å². The number of para-hydroxylation sites is 4. The summed E-state index contributed by atoms with van der Waals surface area (Å²) in [6.45, 7) is 6.90. The van der Waals surface area contributed by atoms with Gasteiger partial charge in [-0.15, -0.1) is 0 Å². The predicted octanol–water partition coefficient (Wildman–Crippen LogP) is 25.0. The molecule has 448 valence electrons. The number of rotatable bonds is 19. The molecular formula is C89H72N4. The second-order valence-corrected chi connectivity index (χ2v) is 24.6. The summed E-state index contributed by atoms with van der Waals surface area (Å²) < 4.78 is 0. The SMILES string of the molecule is Cc1cccc(N(c2ccc(C=Cc3ccc(N(c4ccccc4)c4ccccc4)cc3)cc2)c2ccc3cc(CC(C)(C)c4ccc(N(c5ccc(C=Cc6ccc(N(c7ccccc7)c7ccccc7)cc6)cc5)c5ccc6ccccc6c5)cc4)ccc3c2)c1. The van der Waals surface area contributed by atoms with Crippen molar-refractivity contribution in [3.8, 4) is 0 Å².